The van der Waals surface area contributed by atoms with Crippen LogP contribution in [0.5, 0.6) is 0 Å². The average Bonchev–Trinajstić information content (AvgIpc) is 2.21. The lowest BCUT2D eigenvalue weighted by atomic mass is 10.0. The number of carbonyl (C=O) groups excluding carboxylic acids is 1. The van der Waals surface area contributed by atoms with Crippen molar-refractivity contribution in [3.05, 3.63) is 0 Å². The molecule has 1 heterocycles. The fourth-order valence-electron chi connectivity index (χ4n) is 1.82. The van der Waals surface area contributed by atoms with E-state index in [0.717, 1.165) is 32.4 Å². The Bertz CT molecular complexity index is 232. The van der Waals surface area contributed by atoms with Gasteiger partial charge < -0.3 is 11.1 Å². The molecule has 16 heavy (non-hydrogen) atoms. The molecule has 0 aromatic carbocycles. The summed E-state index contributed by atoms with van der Waals surface area (Å²) in [6.07, 6.45) is 2.96. The Kier molecular flexibility index (Phi) is 4.74. The molecular formula is C12H25N3O. The summed E-state index contributed by atoms with van der Waals surface area (Å²) in [7, 11) is 0. The summed E-state index contributed by atoms with van der Waals surface area (Å²) in [6, 6.07) is 0.325. The highest BCUT2D eigenvalue weighted by Gasteiger charge is 2.21. The van der Waals surface area contributed by atoms with Gasteiger partial charge in [-0.1, -0.05) is 6.92 Å². The number of nitrogens with one attached hydrogen (secondary N) is 1. The fourth-order valence-corrected chi connectivity index (χ4v) is 1.82. The summed E-state index contributed by atoms with van der Waals surface area (Å²) >= 11 is 0. The van der Waals surface area contributed by atoms with Crippen molar-refractivity contribution in [3.8, 4) is 0 Å². The Morgan fingerprint density at radius 2 is 2.00 bits per heavy atom. The van der Waals surface area contributed by atoms with Crippen LogP contribution in [-0.4, -0.2) is 42.0 Å². The van der Waals surface area contributed by atoms with Crippen LogP contribution in [0.25, 0.3) is 0 Å². The Hall–Kier alpha value is -0.610. The van der Waals surface area contributed by atoms with Crippen LogP contribution in [0.1, 0.15) is 40.0 Å². The van der Waals surface area contributed by atoms with E-state index in [2.05, 4.69) is 31.0 Å². The van der Waals surface area contributed by atoms with Crippen LogP contribution in [0, 0.1) is 0 Å². The summed E-state index contributed by atoms with van der Waals surface area (Å²) in [5.41, 5.74) is 5.73. The van der Waals surface area contributed by atoms with Crippen LogP contribution in [-0.2, 0) is 4.79 Å². The molecule has 1 aliphatic rings. The van der Waals surface area contributed by atoms with Gasteiger partial charge >= 0.3 is 0 Å². The number of carbonyl (C=O) groups is 1. The molecule has 0 radical (unpaired) electrons. The summed E-state index contributed by atoms with van der Waals surface area (Å²) in [6.45, 7) is 8.59. The normalized spacial score (nSPS) is 19.8. The van der Waals surface area contributed by atoms with Crippen molar-refractivity contribution < 1.29 is 4.79 Å². The van der Waals surface area contributed by atoms with Gasteiger partial charge in [-0.25, -0.2) is 0 Å². The largest absolute Gasteiger partial charge is 0.350 e. The second-order valence-corrected chi connectivity index (χ2v) is 5.40. The molecule has 1 rings (SSSR count). The molecule has 0 atom stereocenters. The van der Waals surface area contributed by atoms with Crippen molar-refractivity contribution >= 4 is 5.91 Å². The second-order valence-electron chi connectivity index (χ2n) is 5.40. The fraction of sp³-hybridized carbons (Fsp3) is 0.917. The van der Waals surface area contributed by atoms with Gasteiger partial charge in [-0.05, 0) is 33.1 Å². The lowest BCUT2D eigenvalue weighted by Crippen LogP contribution is -2.49. The zero-order chi connectivity index (χ0) is 12.2. The van der Waals surface area contributed by atoms with E-state index in [-0.39, 0.29) is 11.4 Å². The quantitative estimate of drug-likeness (QED) is 0.744. The number of nitrogens with two attached hydrogens (primary N) is 1. The van der Waals surface area contributed by atoms with E-state index in [4.69, 9.17) is 5.73 Å². The third-order valence-electron chi connectivity index (χ3n) is 3.36. The van der Waals surface area contributed by atoms with E-state index in [1.54, 1.807) is 0 Å². The summed E-state index contributed by atoms with van der Waals surface area (Å²) in [4.78, 5) is 14.0. The minimum atomic E-state index is -0.0940. The summed E-state index contributed by atoms with van der Waals surface area (Å²) in [5.74, 6) is 0.127. The van der Waals surface area contributed by atoms with Crippen molar-refractivity contribution in [3.63, 3.8) is 0 Å². The first kappa shape index (κ1) is 13.5. The first-order valence-corrected chi connectivity index (χ1v) is 6.22. The molecule has 0 unspecified atom stereocenters. The average molecular weight is 227 g/mol. The molecule has 94 valence electrons. The van der Waals surface area contributed by atoms with Crippen molar-refractivity contribution in [1.29, 1.82) is 0 Å². The predicted molar refractivity (Wildman–Crippen MR) is 66.2 cm³/mol. The number of hydrogen-bond donors (Lipinski definition) is 2. The molecule has 3 N–H and O–H groups in total. The van der Waals surface area contributed by atoms with Gasteiger partial charge in [0.15, 0.2) is 0 Å². The van der Waals surface area contributed by atoms with Crippen LogP contribution in [0.2, 0.25) is 0 Å². The Balaban J connectivity index is 2.29. The van der Waals surface area contributed by atoms with Gasteiger partial charge in [0.1, 0.15) is 0 Å². The van der Waals surface area contributed by atoms with Gasteiger partial charge in [0.25, 0.3) is 0 Å². The van der Waals surface area contributed by atoms with Crippen LogP contribution < -0.4 is 11.1 Å². The van der Waals surface area contributed by atoms with E-state index in [1.807, 2.05) is 0 Å². The number of hydrogen-bond acceptors (Lipinski definition) is 3. The van der Waals surface area contributed by atoms with Crippen LogP contribution in [0.15, 0.2) is 0 Å². The van der Waals surface area contributed by atoms with Gasteiger partial charge in [0.05, 0.1) is 6.54 Å². The maximum absolute atomic E-state index is 11.8. The third-order valence-corrected chi connectivity index (χ3v) is 3.36. The number of nitrogens with zero attached hydrogens (tertiary/aromatic N) is 1. The highest BCUT2D eigenvalue weighted by molar-refractivity contribution is 5.78. The monoisotopic (exact) mass is 227 g/mol. The standard InChI is InChI=1S/C12H25N3O/c1-4-12(2,3)14-11(16)9-15-7-5-10(13)6-8-15/h10H,4-9,13H2,1-3H3,(H,14,16). The summed E-state index contributed by atoms with van der Waals surface area (Å²) < 4.78 is 0. The van der Waals surface area contributed by atoms with E-state index >= 15 is 0 Å². The molecule has 1 amide bonds. The Morgan fingerprint density at radius 3 is 2.50 bits per heavy atom. The molecule has 0 spiro atoms. The van der Waals surface area contributed by atoms with Crippen molar-refractivity contribution in [2.45, 2.75) is 51.6 Å². The van der Waals surface area contributed by atoms with Gasteiger partial charge in [-0.15, -0.1) is 0 Å². The first-order chi connectivity index (χ1) is 7.43. The zero-order valence-electron chi connectivity index (χ0n) is 10.8. The van der Waals surface area contributed by atoms with Gasteiger partial charge in [-0.2, -0.15) is 0 Å². The molecule has 0 aliphatic carbocycles. The lowest BCUT2D eigenvalue weighted by molar-refractivity contribution is -0.124. The molecule has 1 saturated heterocycles. The smallest absolute Gasteiger partial charge is 0.234 e. The Morgan fingerprint density at radius 1 is 1.44 bits per heavy atom. The topological polar surface area (TPSA) is 58.4 Å². The van der Waals surface area contributed by atoms with E-state index < -0.39 is 0 Å². The van der Waals surface area contributed by atoms with Crippen molar-refractivity contribution in [2.24, 2.45) is 5.73 Å². The van der Waals surface area contributed by atoms with Gasteiger partial charge in [0, 0.05) is 24.7 Å². The van der Waals surface area contributed by atoms with E-state index in [0.29, 0.717) is 12.6 Å². The van der Waals surface area contributed by atoms with Crippen molar-refractivity contribution in [2.75, 3.05) is 19.6 Å². The van der Waals surface area contributed by atoms with Crippen LogP contribution >= 0.6 is 0 Å². The van der Waals surface area contributed by atoms with E-state index in [1.165, 1.54) is 0 Å². The third kappa shape index (κ3) is 4.49. The number of piperidine rings is 1. The molecule has 0 aromatic rings. The molecule has 0 aromatic heterocycles. The first-order valence-electron chi connectivity index (χ1n) is 6.22. The maximum Gasteiger partial charge on any atom is 0.234 e. The minimum absolute atomic E-state index is 0.0940. The molecule has 4 nitrogen and oxygen atoms in total. The number of amides is 1. The van der Waals surface area contributed by atoms with Gasteiger partial charge in [-0.3, -0.25) is 9.69 Å². The van der Waals surface area contributed by atoms with E-state index in [9.17, 15) is 4.79 Å². The zero-order valence-corrected chi connectivity index (χ0v) is 10.8. The molecular weight excluding hydrogens is 202 g/mol. The molecule has 0 bridgehead atoms. The molecule has 4 heteroatoms. The van der Waals surface area contributed by atoms with Crippen LogP contribution in [0.4, 0.5) is 0 Å². The minimum Gasteiger partial charge on any atom is -0.350 e. The highest BCUT2D eigenvalue weighted by Crippen LogP contribution is 2.09. The predicted octanol–water partition coefficient (Wildman–Crippen LogP) is 0.714. The number of likely N-dealkylation sites (tertiary alicyclic amines) is 1. The Labute approximate surface area is 98.6 Å². The lowest BCUT2D eigenvalue weighted by Gasteiger charge is -2.31. The molecule has 1 fully saturated rings. The molecule has 0 saturated carbocycles. The van der Waals surface area contributed by atoms with Crippen molar-refractivity contribution in [1.82, 2.24) is 10.2 Å². The second kappa shape index (κ2) is 5.64. The van der Waals surface area contributed by atoms with Crippen LogP contribution in [0.3, 0.4) is 0 Å². The number of rotatable bonds is 4. The molecule has 1 aliphatic heterocycles. The maximum atomic E-state index is 11.8. The highest BCUT2D eigenvalue weighted by atomic mass is 16.2. The SMILES string of the molecule is CCC(C)(C)NC(=O)CN1CCC(N)CC1. The van der Waals surface area contributed by atoms with Gasteiger partial charge in [0.2, 0.25) is 5.91 Å². The summed E-state index contributed by atoms with van der Waals surface area (Å²) in [5, 5.41) is 3.05.